The van der Waals surface area contributed by atoms with Gasteiger partial charge < -0.3 is 10.5 Å². The smallest absolute Gasteiger partial charge is 0.119 e. The first kappa shape index (κ1) is 17.5. The highest BCUT2D eigenvalue weighted by molar-refractivity contribution is 5.85. The van der Waals surface area contributed by atoms with Crippen LogP contribution in [0.4, 0.5) is 0 Å². The standard InChI is InChI=1S/C18H23NO.ClH/c1-18(2,3)17(19)15-9-11-16(12-10-15)20-13-14-7-5-4-6-8-14;/h4-12,17H,13,19H2,1-3H3;1H/t17-;/m1./s1. The maximum Gasteiger partial charge on any atom is 0.119 e. The van der Waals surface area contributed by atoms with Gasteiger partial charge in [-0.2, -0.15) is 0 Å². The average molecular weight is 306 g/mol. The molecule has 0 aliphatic heterocycles. The van der Waals surface area contributed by atoms with E-state index in [0.717, 1.165) is 11.3 Å². The zero-order valence-electron chi connectivity index (χ0n) is 12.9. The second-order valence-electron chi connectivity index (χ2n) is 6.19. The molecular weight excluding hydrogens is 282 g/mol. The number of benzene rings is 2. The van der Waals surface area contributed by atoms with Crippen LogP contribution >= 0.6 is 12.4 Å². The molecule has 0 aliphatic carbocycles. The number of hydrogen-bond donors (Lipinski definition) is 1. The minimum absolute atomic E-state index is 0. The molecule has 0 unspecified atom stereocenters. The van der Waals surface area contributed by atoms with Crippen molar-refractivity contribution in [2.75, 3.05) is 0 Å². The number of ether oxygens (including phenoxy) is 1. The van der Waals surface area contributed by atoms with Crippen LogP contribution in [0, 0.1) is 5.41 Å². The molecule has 0 saturated heterocycles. The Balaban J connectivity index is 0.00000220. The molecule has 0 heterocycles. The first-order chi connectivity index (χ1) is 9.47. The molecule has 2 N–H and O–H groups in total. The highest BCUT2D eigenvalue weighted by Crippen LogP contribution is 2.31. The Bertz CT molecular complexity index is 531. The van der Waals surface area contributed by atoms with Crippen LogP contribution in [0.15, 0.2) is 54.6 Å². The van der Waals surface area contributed by atoms with E-state index >= 15 is 0 Å². The SMILES string of the molecule is CC(C)(C)[C@H](N)c1ccc(OCc2ccccc2)cc1.Cl. The van der Waals surface area contributed by atoms with Crippen LogP contribution in [-0.2, 0) is 6.61 Å². The predicted octanol–water partition coefficient (Wildman–Crippen LogP) is 4.73. The summed E-state index contributed by atoms with van der Waals surface area (Å²) < 4.78 is 5.77. The van der Waals surface area contributed by atoms with Crippen molar-refractivity contribution in [2.24, 2.45) is 11.1 Å². The predicted molar refractivity (Wildman–Crippen MR) is 90.8 cm³/mol. The van der Waals surface area contributed by atoms with Gasteiger partial charge >= 0.3 is 0 Å². The molecule has 2 nitrogen and oxygen atoms in total. The molecule has 0 amide bonds. The van der Waals surface area contributed by atoms with Crippen LogP contribution in [0.1, 0.15) is 37.9 Å². The van der Waals surface area contributed by atoms with Gasteiger partial charge in [-0.1, -0.05) is 63.2 Å². The van der Waals surface area contributed by atoms with Crippen molar-refractivity contribution >= 4 is 12.4 Å². The second kappa shape index (κ2) is 7.48. The van der Waals surface area contributed by atoms with Gasteiger partial charge in [-0.25, -0.2) is 0 Å². The summed E-state index contributed by atoms with van der Waals surface area (Å²) in [6.45, 7) is 7.04. The topological polar surface area (TPSA) is 35.2 Å². The fraction of sp³-hybridized carbons (Fsp3) is 0.333. The maximum absolute atomic E-state index is 6.25. The summed E-state index contributed by atoms with van der Waals surface area (Å²) in [6, 6.07) is 18.3. The quantitative estimate of drug-likeness (QED) is 0.886. The fourth-order valence-electron chi connectivity index (χ4n) is 2.01. The van der Waals surface area contributed by atoms with Crippen LogP contribution < -0.4 is 10.5 Å². The molecule has 1 atom stereocenters. The van der Waals surface area contributed by atoms with Crippen molar-refractivity contribution in [3.63, 3.8) is 0 Å². The summed E-state index contributed by atoms with van der Waals surface area (Å²) in [5.41, 5.74) is 8.62. The lowest BCUT2D eigenvalue weighted by atomic mass is 9.83. The molecule has 114 valence electrons. The third-order valence-electron chi connectivity index (χ3n) is 3.42. The zero-order chi connectivity index (χ0) is 14.6. The van der Waals surface area contributed by atoms with Gasteiger partial charge in [0.2, 0.25) is 0 Å². The summed E-state index contributed by atoms with van der Waals surface area (Å²) in [4.78, 5) is 0. The van der Waals surface area contributed by atoms with Crippen molar-refractivity contribution < 1.29 is 4.74 Å². The maximum atomic E-state index is 6.25. The van der Waals surface area contributed by atoms with E-state index in [-0.39, 0.29) is 23.9 Å². The van der Waals surface area contributed by atoms with Gasteiger partial charge in [0.05, 0.1) is 0 Å². The molecule has 3 heteroatoms. The lowest BCUT2D eigenvalue weighted by Gasteiger charge is -2.27. The number of rotatable bonds is 4. The van der Waals surface area contributed by atoms with Crippen molar-refractivity contribution in [1.29, 1.82) is 0 Å². The molecule has 0 bridgehead atoms. The first-order valence-corrected chi connectivity index (χ1v) is 6.99. The average Bonchev–Trinajstić information content (AvgIpc) is 2.45. The molecule has 2 aromatic rings. The van der Waals surface area contributed by atoms with Crippen molar-refractivity contribution in [3.05, 3.63) is 65.7 Å². The second-order valence-corrected chi connectivity index (χ2v) is 6.19. The summed E-state index contributed by atoms with van der Waals surface area (Å²) in [6.07, 6.45) is 0. The van der Waals surface area contributed by atoms with Crippen molar-refractivity contribution in [1.82, 2.24) is 0 Å². The molecule has 0 spiro atoms. The molecule has 2 aromatic carbocycles. The van der Waals surface area contributed by atoms with Gasteiger partial charge in [0, 0.05) is 6.04 Å². The van der Waals surface area contributed by atoms with E-state index in [2.05, 4.69) is 45.0 Å². The monoisotopic (exact) mass is 305 g/mol. The van der Waals surface area contributed by atoms with Crippen molar-refractivity contribution in [3.8, 4) is 5.75 Å². The van der Waals surface area contributed by atoms with E-state index in [1.807, 2.05) is 30.3 Å². The molecule has 0 aromatic heterocycles. The van der Waals surface area contributed by atoms with Crippen LogP contribution in [0.5, 0.6) is 5.75 Å². The Morgan fingerprint density at radius 2 is 1.52 bits per heavy atom. The summed E-state index contributed by atoms with van der Waals surface area (Å²) in [5.74, 6) is 0.874. The Kier molecular flexibility index (Phi) is 6.25. The lowest BCUT2D eigenvalue weighted by Crippen LogP contribution is -2.26. The third-order valence-corrected chi connectivity index (χ3v) is 3.42. The molecular formula is C18H24ClNO. The largest absolute Gasteiger partial charge is 0.489 e. The van der Waals surface area contributed by atoms with E-state index < -0.39 is 0 Å². The van der Waals surface area contributed by atoms with E-state index in [1.165, 1.54) is 5.56 Å². The molecule has 0 fully saturated rings. The Morgan fingerprint density at radius 1 is 0.952 bits per heavy atom. The normalized spacial score (nSPS) is 12.4. The molecule has 21 heavy (non-hydrogen) atoms. The summed E-state index contributed by atoms with van der Waals surface area (Å²) >= 11 is 0. The van der Waals surface area contributed by atoms with E-state index in [4.69, 9.17) is 10.5 Å². The minimum atomic E-state index is 0. The van der Waals surface area contributed by atoms with Gasteiger partial charge in [0.25, 0.3) is 0 Å². The fourth-order valence-corrected chi connectivity index (χ4v) is 2.01. The molecule has 2 rings (SSSR count). The minimum Gasteiger partial charge on any atom is -0.489 e. The summed E-state index contributed by atoms with van der Waals surface area (Å²) in [5, 5.41) is 0. The van der Waals surface area contributed by atoms with Gasteiger partial charge in [0.1, 0.15) is 12.4 Å². The first-order valence-electron chi connectivity index (χ1n) is 6.99. The number of hydrogen-bond acceptors (Lipinski definition) is 2. The highest BCUT2D eigenvalue weighted by atomic mass is 35.5. The van der Waals surface area contributed by atoms with Gasteiger partial charge in [-0.15, -0.1) is 12.4 Å². The van der Waals surface area contributed by atoms with Gasteiger partial charge in [-0.3, -0.25) is 0 Å². The van der Waals surface area contributed by atoms with Crippen LogP contribution in [0.2, 0.25) is 0 Å². The van der Waals surface area contributed by atoms with E-state index in [0.29, 0.717) is 6.61 Å². The third kappa shape index (κ3) is 5.07. The molecule has 0 radical (unpaired) electrons. The number of nitrogens with two attached hydrogens (primary N) is 1. The number of halogens is 1. The highest BCUT2D eigenvalue weighted by Gasteiger charge is 2.21. The van der Waals surface area contributed by atoms with E-state index in [9.17, 15) is 0 Å². The van der Waals surface area contributed by atoms with Gasteiger partial charge in [0.15, 0.2) is 0 Å². The Morgan fingerprint density at radius 3 is 2.05 bits per heavy atom. The van der Waals surface area contributed by atoms with Crippen LogP contribution in [-0.4, -0.2) is 0 Å². The lowest BCUT2D eigenvalue weighted by molar-refractivity contribution is 0.304. The van der Waals surface area contributed by atoms with Gasteiger partial charge in [-0.05, 0) is 28.7 Å². The van der Waals surface area contributed by atoms with E-state index in [1.54, 1.807) is 0 Å². The zero-order valence-corrected chi connectivity index (χ0v) is 13.7. The molecule has 0 saturated carbocycles. The van der Waals surface area contributed by atoms with Crippen LogP contribution in [0.25, 0.3) is 0 Å². The Labute approximate surface area is 133 Å². The van der Waals surface area contributed by atoms with Crippen molar-refractivity contribution in [2.45, 2.75) is 33.4 Å². The Hall–Kier alpha value is -1.51. The molecule has 0 aliphatic rings. The van der Waals surface area contributed by atoms with Crippen LogP contribution in [0.3, 0.4) is 0 Å². The summed E-state index contributed by atoms with van der Waals surface area (Å²) in [7, 11) is 0.